The van der Waals surface area contributed by atoms with Crippen molar-refractivity contribution in [3.63, 3.8) is 0 Å². The average Bonchev–Trinajstić information content (AvgIpc) is 2.75. The number of piperazine rings is 1. The molecule has 0 radical (unpaired) electrons. The summed E-state index contributed by atoms with van der Waals surface area (Å²) in [4.78, 5) is 40.8. The van der Waals surface area contributed by atoms with Gasteiger partial charge in [-0.2, -0.15) is 0 Å². The molecule has 146 valence electrons. The number of imide groups is 1. The standard InChI is InChI=1S/C21H24N4O3/c1-22-21(28)23-19(26)18(16-8-4-2-5-9-16)24-12-14-25(15-13-24)20(27)17-10-6-3-7-11-17/h2-11,18H,12-15H2,1H3,(H2,22,23,26,28). The third-order valence-corrected chi connectivity index (χ3v) is 4.81. The normalized spacial score (nSPS) is 15.5. The Morgan fingerprint density at radius 3 is 2.00 bits per heavy atom. The third-order valence-electron chi connectivity index (χ3n) is 4.81. The van der Waals surface area contributed by atoms with Crippen LogP contribution < -0.4 is 10.6 Å². The van der Waals surface area contributed by atoms with Crippen LogP contribution in [0, 0.1) is 0 Å². The van der Waals surface area contributed by atoms with Crippen LogP contribution in [0.3, 0.4) is 0 Å². The molecule has 4 amide bonds. The van der Waals surface area contributed by atoms with Crippen LogP contribution in [0.4, 0.5) is 4.79 Å². The molecule has 0 spiro atoms. The fraction of sp³-hybridized carbons (Fsp3) is 0.286. The lowest BCUT2D eigenvalue weighted by Crippen LogP contribution is -2.53. The molecule has 1 unspecified atom stereocenters. The van der Waals surface area contributed by atoms with Crippen LogP contribution >= 0.6 is 0 Å². The van der Waals surface area contributed by atoms with E-state index in [1.165, 1.54) is 7.05 Å². The summed E-state index contributed by atoms with van der Waals surface area (Å²) in [7, 11) is 1.47. The van der Waals surface area contributed by atoms with E-state index in [1.807, 2.05) is 53.4 Å². The Hall–Kier alpha value is -3.19. The monoisotopic (exact) mass is 380 g/mol. The van der Waals surface area contributed by atoms with Crippen LogP contribution in [-0.2, 0) is 4.79 Å². The number of nitrogens with zero attached hydrogens (tertiary/aromatic N) is 2. The predicted molar refractivity (Wildman–Crippen MR) is 106 cm³/mol. The highest BCUT2D eigenvalue weighted by Crippen LogP contribution is 2.23. The molecule has 1 aliphatic rings. The van der Waals surface area contributed by atoms with Crippen LogP contribution in [-0.4, -0.2) is 60.9 Å². The quantitative estimate of drug-likeness (QED) is 0.845. The van der Waals surface area contributed by atoms with E-state index in [1.54, 1.807) is 17.0 Å². The van der Waals surface area contributed by atoms with E-state index < -0.39 is 12.1 Å². The Balaban J connectivity index is 1.71. The van der Waals surface area contributed by atoms with E-state index in [4.69, 9.17) is 0 Å². The van der Waals surface area contributed by atoms with Crippen molar-refractivity contribution in [3.05, 3.63) is 71.8 Å². The SMILES string of the molecule is CNC(=O)NC(=O)C(c1ccccc1)N1CCN(C(=O)c2ccccc2)CC1. The van der Waals surface area contributed by atoms with Gasteiger partial charge in [0.1, 0.15) is 6.04 Å². The highest BCUT2D eigenvalue weighted by Gasteiger charge is 2.32. The second-order valence-electron chi connectivity index (χ2n) is 6.58. The topological polar surface area (TPSA) is 81.8 Å². The van der Waals surface area contributed by atoms with Gasteiger partial charge in [-0.05, 0) is 17.7 Å². The Morgan fingerprint density at radius 2 is 1.43 bits per heavy atom. The summed E-state index contributed by atoms with van der Waals surface area (Å²) in [5, 5.41) is 4.78. The van der Waals surface area contributed by atoms with Crippen LogP contribution in [0.25, 0.3) is 0 Å². The number of amides is 4. The lowest BCUT2D eigenvalue weighted by molar-refractivity contribution is -0.126. The highest BCUT2D eigenvalue weighted by atomic mass is 16.2. The van der Waals surface area contributed by atoms with E-state index >= 15 is 0 Å². The molecule has 2 aromatic rings. The largest absolute Gasteiger partial charge is 0.341 e. The molecule has 0 bridgehead atoms. The number of hydrogen-bond acceptors (Lipinski definition) is 4. The fourth-order valence-corrected chi connectivity index (χ4v) is 3.35. The molecule has 7 heteroatoms. The number of carbonyl (C=O) groups is 3. The summed E-state index contributed by atoms with van der Waals surface area (Å²) < 4.78 is 0. The van der Waals surface area contributed by atoms with Gasteiger partial charge in [0.2, 0.25) is 5.91 Å². The maximum Gasteiger partial charge on any atom is 0.321 e. The van der Waals surface area contributed by atoms with E-state index in [0.29, 0.717) is 31.7 Å². The van der Waals surface area contributed by atoms with E-state index in [0.717, 1.165) is 5.56 Å². The molecule has 1 saturated heterocycles. The predicted octanol–water partition coefficient (Wildman–Crippen LogP) is 1.64. The molecule has 0 saturated carbocycles. The fourth-order valence-electron chi connectivity index (χ4n) is 3.35. The molecular weight excluding hydrogens is 356 g/mol. The molecule has 3 rings (SSSR count). The first-order chi connectivity index (χ1) is 13.6. The Morgan fingerprint density at radius 1 is 0.857 bits per heavy atom. The van der Waals surface area contributed by atoms with Gasteiger partial charge in [-0.3, -0.25) is 19.8 Å². The van der Waals surface area contributed by atoms with Gasteiger partial charge >= 0.3 is 6.03 Å². The van der Waals surface area contributed by atoms with Gasteiger partial charge in [-0.15, -0.1) is 0 Å². The molecule has 1 atom stereocenters. The van der Waals surface area contributed by atoms with Crippen molar-refractivity contribution in [1.82, 2.24) is 20.4 Å². The number of rotatable bonds is 4. The maximum absolute atomic E-state index is 12.8. The van der Waals surface area contributed by atoms with Crippen LogP contribution in [0.2, 0.25) is 0 Å². The summed E-state index contributed by atoms with van der Waals surface area (Å²) in [6.07, 6.45) is 0. The van der Waals surface area contributed by atoms with Crippen molar-refractivity contribution in [1.29, 1.82) is 0 Å². The minimum Gasteiger partial charge on any atom is -0.341 e. The summed E-state index contributed by atoms with van der Waals surface area (Å²) in [6, 6.07) is 17.4. The van der Waals surface area contributed by atoms with Crippen molar-refractivity contribution in [2.45, 2.75) is 6.04 Å². The van der Waals surface area contributed by atoms with Gasteiger partial charge in [0.15, 0.2) is 0 Å². The second-order valence-corrected chi connectivity index (χ2v) is 6.58. The van der Waals surface area contributed by atoms with E-state index in [-0.39, 0.29) is 11.8 Å². The van der Waals surface area contributed by atoms with E-state index in [2.05, 4.69) is 10.6 Å². The molecular formula is C21H24N4O3. The molecule has 7 nitrogen and oxygen atoms in total. The smallest absolute Gasteiger partial charge is 0.321 e. The summed E-state index contributed by atoms with van der Waals surface area (Å²) in [6.45, 7) is 2.12. The molecule has 0 aliphatic carbocycles. The van der Waals surface area contributed by atoms with Gasteiger partial charge in [-0.25, -0.2) is 4.79 Å². The molecule has 2 N–H and O–H groups in total. The minimum absolute atomic E-state index is 0.00803. The molecule has 0 aromatic heterocycles. The highest BCUT2D eigenvalue weighted by molar-refractivity contribution is 5.97. The summed E-state index contributed by atoms with van der Waals surface area (Å²) >= 11 is 0. The van der Waals surface area contributed by atoms with Crippen molar-refractivity contribution in [2.24, 2.45) is 0 Å². The zero-order chi connectivity index (χ0) is 19.9. The second kappa shape index (κ2) is 9.14. The minimum atomic E-state index is -0.590. The lowest BCUT2D eigenvalue weighted by atomic mass is 10.0. The van der Waals surface area contributed by atoms with Gasteiger partial charge in [-0.1, -0.05) is 48.5 Å². The average molecular weight is 380 g/mol. The lowest BCUT2D eigenvalue weighted by Gasteiger charge is -2.38. The van der Waals surface area contributed by atoms with Crippen molar-refractivity contribution in [3.8, 4) is 0 Å². The number of urea groups is 1. The van der Waals surface area contributed by atoms with Crippen LogP contribution in [0.5, 0.6) is 0 Å². The van der Waals surface area contributed by atoms with Crippen LogP contribution in [0.15, 0.2) is 60.7 Å². The molecule has 1 fully saturated rings. The summed E-state index contributed by atoms with van der Waals surface area (Å²) in [5.74, 6) is -0.389. The van der Waals surface area contributed by atoms with Gasteiger partial charge in [0.05, 0.1) is 0 Å². The molecule has 1 heterocycles. The van der Waals surface area contributed by atoms with E-state index in [9.17, 15) is 14.4 Å². The van der Waals surface area contributed by atoms with Crippen molar-refractivity contribution < 1.29 is 14.4 Å². The molecule has 1 aliphatic heterocycles. The van der Waals surface area contributed by atoms with Crippen molar-refractivity contribution >= 4 is 17.8 Å². The van der Waals surface area contributed by atoms with Crippen molar-refractivity contribution in [2.75, 3.05) is 33.2 Å². The first kappa shape index (κ1) is 19.6. The third kappa shape index (κ3) is 4.55. The van der Waals surface area contributed by atoms with Gasteiger partial charge in [0, 0.05) is 38.8 Å². The number of carbonyl (C=O) groups excluding carboxylic acids is 3. The number of benzene rings is 2. The van der Waals surface area contributed by atoms with Gasteiger partial charge < -0.3 is 10.2 Å². The Bertz CT molecular complexity index is 818. The molecule has 2 aromatic carbocycles. The van der Waals surface area contributed by atoms with Crippen LogP contribution in [0.1, 0.15) is 22.0 Å². The number of nitrogens with one attached hydrogen (secondary N) is 2. The van der Waals surface area contributed by atoms with Gasteiger partial charge in [0.25, 0.3) is 5.91 Å². The Kier molecular flexibility index (Phi) is 6.39. The first-order valence-electron chi connectivity index (χ1n) is 9.26. The zero-order valence-corrected chi connectivity index (χ0v) is 15.8. The zero-order valence-electron chi connectivity index (χ0n) is 15.8. The number of hydrogen-bond donors (Lipinski definition) is 2. The summed E-state index contributed by atoms with van der Waals surface area (Å²) in [5.41, 5.74) is 1.47. The Labute approximate surface area is 164 Å². The maximum atomic E-state index is 12.8. The first-order valence-corrected chi connectivity index (χ1v) is 9.26. The molecule has 28 heavy (non-hydrogen) atoms.